The number of pyridine rings is 1. The van der Waals surface area contributed by atoms with Crippen molar-refractivity contribution in [3.8, 4) is 22.8 Å². The minimum atomic E-state index is -0.109. The SMILES string of the molecule is CC.CC.COc1ccc2c(=O)[nH]c(-c3ccc(OC(C)C)cc3)cc2c1. The smallest absolute Gasteiger partial charge is 0.256 e. The largest absolute Gasteiger partial charge is 0.497 e. The summed E-state index contributed by atoms with van der Waals surface area (Å²) in [5.41, 5.74) is 1.59. The van der Waals surface area contributed by atoms with Crippen molar-refractivity contribution in [2.75, 3.05) is 7.11 Å². The maximum Gasteiger partial charge on any atom is 0.256 e. The molecule has 3 rings (SSSR count). The van der Waals surface area contributed by atoms with Crippen LogP contribution < -0.4 is 15.0 Å². The van der Waals surface area contributed by atoms with E-state index >= 15 is 0 Å². The molecule has 0 bridgehead atoms. The molecule has 2 aromatic carbocycles. The summed E-state index contributed by atoms with van der Waals surface area (Å²) >= 11 is 0. The second-order valence-corrected chi connectivity index (χ2v) is 5.66. The molecular weight excluding hydrogens is 338 g/mol. The molecule has 0 fully saturated rings. The van der Waals surface area contributed by atoms with Crippen LogP contribution in [-0.4, -0.2) is 18.2 Å². The molecule has 0 radical (unpaired) electrons. The molecule has 4 heteroatoms. The third-order valence-electron chi connectivity index (χ3n) is 3.59. The van der Waals surface area contributed by atoms with Gasteiger partial charge in [0.25, 0.3) is 5.56 Å². The number of nitrogens with one attached hydrogen (secondary N) is 1. The Bertz CT molecular complexity index is 880. The van der Waals surface area contributed by atoms with Crippen LogP contribution in [0.1, 0.15) is 41.5 Å². The Morgan fingerprint density at radius 1 is 0.852 bits per heavy atom. The highest BCUT2D eigenvalue weighted by molar-refractivity contribution is 5.86. The molecule has 1 heterocycles. The van der Waals surface area contributed by atoms with Gasteiger partial charge in [-0.2, -0.15) is 0 Å². The van der Waals surface area contributed by atoms with Crippen LogP contribution in [0.5, 0.6) is 11.5 Å². The summed E-state index contributed by atoms with van der Waals surface area (Å²) in [6.45, 7) is 12.0. The van der Waals surface area contributed by atoms with Gasteiger partial charge in [0.1, 0.15) is 11.5 Å². The topological polar surface area (TPSA) is 51.3 Å². The lowest BCUT2D eigenvalue weighted by Crippen LogP contribution is -2.07. The van der Waals surface area contributed by atoms with Gasteiger partial charge in [-0.3, -0.25) is 4.79 Å². The summed E-state index contributed by atoms with van der Waals surface area (Å²) in [4.78, 5) is 15.2. The Kier molecular flexibility index (Phi) is 9.14. The Morgan fingerprint density at radius 2 is 1.44 bits per heavy atom. The van der Waals surface area contributed by atoms with Gasteiger partial charge in [0, 0.05) is 11.1 Å². The number of ether oxygens (including phenoxy) is 2. The summed E-state index contributed by atoms with van der Waals surface area (Å²) in [6.07, 6.45) is 0.133. The molecule has 0 aliphatic rings. The number of hydrogen-bond acceptors (Lipinski definition) is 3. The fourth-order valence-corrected chi connectivity index (χ4v) is 2.52. The molecule has 27 heavy (non-hydrogen) atoms. The Balaban J connectivity index is 0.000000855. The van der Waals surface area contributed by atoms with Crippen molar-refractivity contribution in [1.82, 2.24) is 4.98 Å². The molecule has 0 saturated heterocycles. The predicted molar refractivity (Wildman–Crippen MR) is 115 cm³/mol. The zero-order valence-electron chi connectivity index (χ0n) is 17.4. The molecule has 4 nitrogen and oxygen atoms in total. The first kappa shape index (κ1) is 22.3. The molecule has 0 saturated carbocycles. The molecule has 0 atom stereocenters. The first-order valence-electron chi connectivity index (χ1n) is 9.55. The van der Waals surface area contributed by atoms with Crippen LogP contribution in [0.2, 0.25) is 0 Å². The van der Waals surface area contributed by atoms with E-state index in [9.17, 15) is 4.79 Å². The van der Waals surface area contributed by atoms with Crippen LogP contribution in [-0.2, 0) is 0 Å². The fourth-order valence-electron chi connectivity index (χ4n) is 2.52. The van der Waals surface area contributed by atoms with Crippen LogP contribution in [0.15, 0.2) is 53.3 Å². The van der Waals surface area contributed by atoms with E-state index in [4.69, 9.17) is 9.47 Å². The third-order valence-corrected chi connectivity index (χ3v) is 3.59. The number of aromatic amines is 1. The number of aromatic nitrogens is 1. The molecule has 0 amide bonds. The van der Waals surface area contributed by atoms with E-state index < -0.39 is 0 Å². The molecular formula is C23H31NO3. The average molecular weight is 370 g/mol. The summed E-state index contributed by atoms with van der Waals surface area (Å²) in [7, 11) is 1.61. The predicted octanol–water partition coefficient (Wildman–Crippen LogP) is 6.04. The first-order valence-corrected chi connectivity index (χ1v) is 9.55. The number of rotatable bonds is 4. The van der Waals surface area contributed by atoms with Gasteiger partial charge in [-0.05, 0) is 73.3 Å². The van der Waals surface area contributed by atoms with Gasteiger partial charge < -0.3 is 14.5 Å². The lowest BCUT2D eigenvalue weighted by molar-refractivity contribution is 0.242. The second kappa shape index (κ2) is 11.1. The van der Waals surface area contributed by atoms with Crippen molar-refractivity contribution in [1.29, 1.82) is 0 Å². The lowest BCUT2D eigenvalue weighted by Gasteiger charge is -2.10. The van der Waals surface area contributed by atoms with Crippen molar-refractivity contribution < 1.29 is 9.47 Å². The molecule has 0 spiro atoms. The van der Waals surface area contributed by atoms with E-state index in [2.05, 4.69) is 4.98 Å². The van der Waals surface area contributed by atoms with Gasteiger partial charge in [0.15, 0.2) is 0 Å². The number of hydrogen-bond donors (Lipinski definition) is 1. The van der Waals surface area contributed by atoms with Crippen LogP contribution in [0, 0.1) is 0 Å². The first-order chi connectivity index (χ1) is 13.1. The Hall–Kier alpha value is -2.75. The maximum absolute atomic E-state index is 12.3. The average Bonchev–Trinajstić information content (AvgIpc) is 2.70. The number of methoxy groups -OCH3 is 1. The minimum Gasteiger partial charge on any atom is -0.497 e. The molecule has 3 aromatic rings. The molecule has 0 aliphatic carbocycles. The maximum atomic E-state index is 12.3. The number of fused-ring (bicyclic) bond motifs is 1. The third kappa shape index (κ3) is 5.88. The van der Waals surface area contributed by atoms with E-state index in [-0.39, 0.29) is 11.7 Å². The van der Waals surface area contributed by atoms with Gasteiger partial charge in [-0.1, -0.05) is 27.7 Å². The van der Waals surface area contributed by atoms with Crippen molar-refractivity contribution in [2.45, 2.75) is 47.6 Å². The van der Waals surface area contributed by atoms with Crippen molar-refractivity contribution >= 4 is 10.8 Å². The van der Waals surface area contributed by atoms with Crippen molar-refractivity contribution in [3.05, 3.63) is 58.9 Å². The number of benzene rings is 2. The quantitative estimate of drug-likeness (QED) is 0.609. The Labute approximate surface area is 162 Å². The second-order valence-electron chi connectivity index (χ2n) is 5.66. The molecule has 146 valence electrons. The summed E-state index contributed by atoms with van der Waals surface area (Å²) in [5, 5.41) is 1.50. The highest BCUT2D eigenvalue weighted by atomic mass is 16.5. The fraction of sp³-hybridized carbons (Fsp3) is 0.348. The summed E-state index contributed by atoms with van der Waals surface area (Å²) in [5.74, 6) is 1.54. The van der Waals surface area contributed by atoms with Crippen LogP contribution >= 0.6 is 0 Å². The van der Waals surface area contributed by atoms with Crippen LogP contribution in [0.3, 0.4) is 0 Å². The lowest BCUT2D eigenvalue weighted by atomic mass is 10.1. The monoisotopic (exact) mass is 369 g/mol. The minimum absolute atomic E-state index is 0.109. The van der Waals surface area contributed by atoms with E-state index in [1.165, 1.54) is 0 Å². The normalized spacial score (nSPS) is 9.78. The molecule has 1 aromatic heterocycles. The van der Waals surface area contributed by atoms with Gasteiger partial charge in [-0.15, -0.1) is 0 Å². The standard InChI is InChI=1S/C19H19NO3.2C2H6/c1-12(2)23-15-6-4-13(5-7-15)18-11-14-10-16(22-3)8-9-17(14)19(21)20-18;2*1-2/h4-12H,1-3H3,(H,20,21);2*1-2H3. The van der Waals surface area contributed by atoms with E-state index in [1.54, 1.807) is 19.2 Å². The van der Waals surface area contributed by atoms with E-state index in [1.807, 2.05) is 77.9 Å². The van der Waals surface area contributed by atoms with Crippen LogP contribution in [0.4, 0.5) is 0 Å². The van der Waals surface area contributed by atoms with E-state index in [0.29, 0.717) is 5.39 Å². The van der Waals surface area contributed by atoms with Crippen LogP contribution in [0.25, 0.3) is 22.0 Å². The van der Waals surface area contributed by atoms with Gasteiger partial charge in [-0.25, -0.2) is 0 Å². The van der Waals surface area contributed by atoms with Crippen molar-refractivity contribution in [3.63, 3.8) is 0 Å². The number of H-pyrrole nitrogens is 1. The molecule has 1 N–H and O–H groups in total. The van der Waals surface area contributed by atoms with E-state index in [0.717, 1.165) is 28.1 Å². The highest BCUT2D eigenvalue weighted by Crippen LogP contribution is 2.25. The molecule has 0 aliphatic heterocycles. The zero-order valence-corrected chi connectivity index (χ0v) is 17.4. The highest BCUT2D eigenvalue weighted by Gasteiger charge is 2.06. The zero-order chi connectivity index (χ0) is 20.4. The summed E-state index contributed by atoms with van der Waals surface area (Å²) in [6, 6.07) is 15.1. The summed E-state index contributed by atoms with van der Waals surface area (Å²) < 4.78 is 10.9. The molecule has 0 unspecified atom stereocenters. The van der Waals surface area contributed by atoms with Gasteiger partial charge >= 0.3 is 0 Å². The Morgan fingerprint density at radius 3 is 2.00 bits per heavy atom. The van der Waals surface area contributed by atoms with Gasteiger partial charge in [0.05, 0.1) is 13.2 Å². The van der Waals surface area contributed by atoms with Gasteiger partial charge in [0.2, 0.25) is 0 Å². The van der Waals surface area contributed by atoms with Crippen molar-refractivity contribution in [2.24, 2.45) is 0 Å².